The van der Waals surface area contributed by atoms with Gasteiger partial charge < -0.3 is 15.3 Å². The molecule has 1 aromatic carbocycles. The van der Waals surface area contributed by atoms with Crippen LogP contribution in [0.3, 0.4) is 0 Å². The van der Waals surface area contributed by atoms with Crippen molar-refractivity contribution in [1.29, 1.82) is 0 Å². The van der Waals surface area contributed by atoms with Crippen molar-refractivity contribution in [2.75, 3.05) is 6.54 Å². The van der Waals surface area contributed by atoms with E-state index >= 15 is 0 Å². The highest BCUT2D eigenvalue weighted by Crippen LogP contribution is 2.20. The molecule has 1 heterocycles. The maximum atomic E-state index is 12.3. The van der Waals surface area contributed by atoms with Crippen LogP contribution in [0.1, 0.15) is 25.3 Å². The summed E-state index contributed by atoms with van der Waals surface area (Å²) in [4.78, 5) is 37.2. The Labute approximate surface area is 141 Å². The molecule has 2 unspecified atom stereocenters. The van der Waals surface area contributed by atoms with E-state index in [1.54, 1.807) is 24.0 Å². The first-order valence-electron chi connectivity index (χ1n) is 7.97. The molecule has 1 saturated heterocycles. The van der Waals surface area contributed by atoms with Gasteiger partial charge in [-0.15, -0.1) is 0 Å². The van der Waals surface area contributed by atoms with Crippen molar-refractivity contribution in [3.63, 3.8) is 0 Å². The molecule has 24 heavy (non-hydrogen) atoms. The third kappa shape index (κ3) is 4.68. The summed E-state index contributed by atoms with van der Waals surface area (Å²) < 4.78 is 0. The molecule has 2 atom stereocenters. The third-order valence-corrected chi connectivity index (χ3v) is 4.02. The van der Waals surface area contributed by atoms with Crippen LogP contribution in [0.2, 0.25) is 0 Å². The fourth-order valence-electron chi connectivity index (χ4n) is 2.69. The first kappa shape index (κ1) is 17.7. The van der Waals surface area contributed by atoms with Crippen molar-refractivity contribution in [3.8, 4) is 0 Å². The summed E-state index contributed by atoms with van der Waals surface area (Å²) in [6.45, 7) is 2.57. The molecule has 0 aromatic heterocycles. The minimum atomic E-state index is -1.08. The van der Waals surface area contributed by atoms with Crippen molar-refractivity contribution in [3.05, 3.63) is 48.0 Å². The minimum absolute atomic E-state index is 0.0840. The number of carbonyl (C=O) groups excluding carboxylic acids is 2. The van der Waals surface area contributed by atoms with Crippen molar-refractivity contribution < 1.29 is 19.5 Å². The van der Waals surface area contributed by atoms with Crippen LogP contribution in [-0.4, -0.2) is 40.4 Å². The van der Waals surface area contributed by atoms with E-state index in [4.69, 9.17) is 5.11 Å². The average molecular weight is 330 g/mol. The summed E-state index contributed by atoms with van der Waals surface area (Å²) >= 11 is 0. The van der Waals surface area contributed by atoms with E-state index in [9.17, 15) is 14.4 Å². The molecule has 2 amide bonds. The first-order chi connectivity index (χ1) is 11.5. The summed E-state index contributed by atoms with van der Waals surface area (Å²) in [7, 11) is 0. The van der Waals surface area contributed by atoms with Crippen LogP contribution in [0.15, 0.2) is 42.5 Å². The maximum Gasteiger partial charge on any atom is 0.326 e. The molecule has 6 nitrogen and oxygen atoms in total. The zero-order valence-electron chi connectivity index (χ0n) is 13.6. The van der Waals surface area contributed by atoms with Gasteiger partial charge in [-0.25, -0.2) is 4.79 Å². The Bertz CT molecular complexity index is 627. The number of amides is 2. The average Bonchev–Trinajstić information content (AvgIpc) is 2.93. The number of benzene rings is 1. The standard InChI is InChI=1S/C18H22N2O4/c1-2-3-9-15(18(23)24)19-17(22)14-10-16(21)20(12-14)11-13-7-5-4-6-8-13/h2-8,14-15H,9-12H2,1H3,(H,19,22)(H,23,24)/b3-2+. The monoisotopic (exact) mass is 330 g/mol. The van der Waals surface area contributed by atoms with Crippen molar-refractivity contribution in [2.45, 2.75) is 32.4 Å². The molecule has 1 aliphatic rings. The number of hydrogen-bond acceptors (Lipinski definition) is 3. The van der Waals surface area contributed by atoms with Gasteiger partial charge in [-0.3, -0.25) is 9.59 Å². The molecule has 128 valence electrons. The minimum Gasteiger partial charge on any atom is -0.480 e. The highest BCUT2D eigenvalue weighted by Gasteiger charge is 2.35. The van der Waals surface area contributed by atoms with Gasteiger partial charge in [-0.05, 0) is 18.9 Å². The summed E-state index contributed by atoms with van der Waals surface area (Å²) in [5, 5.41) is 11.7. The number of rotatable bonds is 7. The predicted molar refractivity (Wildman–Crippen MR) is 89.0 cm³/mol. The van der Waals surface area contributed by atoms with Crippen LogP contribution >= 0.6 is 0 Å². The lowest BCUT2D eigenvalue weighted by molar-refractivity contribution is -0.142. The predicted octanol–water partition coefficient (Wildman–Crippen LogP) is 1.57. The fraction of sp³-hybridized carbons (Fsp3) is 0.389. The third-order valence-electron chi connectivity index (χ3n) is 4.02. The quantitative estimate of drug-likeness (QED) is 0.743. The van der Waals surface area contributed by atoms with E-state index in [-0.39, 0.29) is 24.7 Å². The van der Waals surface area contributed by atoms with Crippen LogP contribution in [0.5, 0.6) is 0 Å². The van der Waals surface area contributed by atoms with E-state index in [1.807, 2.05) is 30.3 Å². The number of carboxylic acid groups (broad SMARTS) is 1. The first-order valence-corrected chi connectivity index (χ1v) is 7.97. The SMILES string of the molecule is C/C=C/CC(NC(=O)C1CC(=O)N(Cc2ccccc2)C1)C(=O)O. The van der Waals surface area contributed by atoms with Crippen molar-refractivity contribution >= 4 is 17.8 Å². The number of allylic oxidation sites excluding steroid dienone is 1. The Morgan fingerprint density at radius 3 is 2.71 bits per heavy atom. The van der Waals surface area contributed by atoms with Gasteiger partial charge in [0.1, 0.15) is 6.04 Å². The molecule has 0 bridgehead atoms. The van der Waals surface area contributed by atoms with Gasteiger partial charge in [0, 0.05) is 19.5 Å². The summed E-state index contributed by atoms with van der Waals surface area (Å²) in [5.41, 5.74) is 1.00. The van der Waals surface area contributed by atoms with E-state index < -0.39 is 17.9 Å². The molecule has 2 N–H and O–H groups in total. The molecule has 0 radical (unpaired) electrons. The Kier molecular flexibility index (Phi) is 6.12. The molecule has 1 aliphatic heterocycles. The largest absolute Gasteiger partial charge is 0.480 e. The van der Waals surface area contributed by atoms with Crippen LogP contribution < -0.4 is 5.32 Å². The zero-order chi connectivity index (χ0) is 17.5. The molecular formula is C18H22N2O4. The maximum absolute atomic E-state index is 12.3. The number of aliphatic carboxylic acids is 1. The summed E-state index contributed by atoms with van der Waals surface area (Å²) in [6.07, 6.45) is 3.78. The van der Waals surface area contributed by atoms with E-state index in [2.05, 4.69) is 5.32 Å². The van der Waals surface area contributed by atoms with Crippen LogP contribution in [-0.2, 0) is 20.9 Å². The Morgan fingerprint density at radius 2 is 2.08 bits per heavy atom. The molecule has 0 spiro atoms. The lowest BCUT2D eigenvalue weighted by atomic mass is 10.1. The van der Waals surface area contributed by atoms with Crippen LogP contribution in [0, 0.1) is 5.92 Å². The molecular weight excluding hydrogens is 308 g/mol. The lowest BCUT2D eigenvalue weighted by Gasteiger charge is -2.18. The number of nitrogens with one attached hydrogen (secondary N) is 1. The van der Waals surface area contributed by atoms with E-state index in [0.29, 0.717) is 13.1 Å². The van der Waals surface area contributed by atoms with Gasteiger partial charge in [-0.2, -0.15) is 0 Å². The van der Waals surface area contributed by atoms with Gasteiger partial charge in [-0.1, -0.05) is 42.5 Å². The van der Waals surface area contributed by atoms with Crippen molar-refractivity contribution in [2.24, 2.45) is 5.92 Å². The second-order valence-corrected chi connectivity index (χ2v) is 5.87. The number of carbonyl (C=O) groups is 3. The number of hydrogen-bond donors (Lipinski definition) is 2. The molecule has 0 aliphatic carbocycles. The fourth-order valence-corrected chi connectivity index (χ4v) is 2.69. The van der Waals surface area contributed by atoms with Crippen LogP contribution in [0.25, 0.3) is 0 Å². The normalized spacial score (nSPS) is 18.8. The second-order valence-electron chi connectivity index (χ2n) is 5.87. The second kappa shape index (κ2) is 8.29. The number of nitrogens with zero attached hydrogens (tertiary/aromatic N) is 1. The van der Waals surface area contributed by atoms with E-state index in [0.717, 1.165) is 5.56 Å². The Morgan fingerprint density at radius 1 is 1.38 bits per heavy atom. The van der Waals surface area contributed by atoms with Crippen molar-refractivity contribution in [1.82, 2.24) is 10.2 Å². The van der Waals surface area contributed by atoms with Gasteiger partial charge >= 0.3 is 5.97 Å². The summed E-state index contributed by atoms with van der Waals surface area (Å²) in [5.74, 6) is -2.05. The summed E-state index contributed by atoms with van der Waals surface area (Å²) in [6, 6.07) is 8.60. The topological polar surface area (TPSA) is 86.7 Å². The molecule has 1 aromatic rings. The van der Waals surface area contributed by atoms with Gasteiger partial charge in [0.25, 0.3) is 0 Å². The smallest absolute Gasteiger partial charge is 0.326 e. The number of carboxylic acids is 1. The van der Waals surface area contributed by atoms with Gasteiger partial charge in [0.2, 0.25) is 11.8 Å². The Balaban J connectivity index is 1.94. The van der Waals surface area contributed by atoms with Crippen LogP contribution in [0.4, 0.5) is 0 Å². The highest BCUT2D eigenvalue weighted by atomic mass is 16.4. The molecule has 0 saturated carbocycles. The number of likely N-dealkylation sites (tertiary alicyclic amines) is 1. The van der Waals surface area contributed by atoms with Gasteiger partial charge in [0.15, 0.2) is 0 Å². The molecule has 2 rings (SSSR count). The highest BCUT2D eigenvalue weighted by molar-refractivity contribution is 5.91. The van der Waals surface area contributed by atoms with E-state index in [1.165, 1.54) is 0 Å². The molecule has 6 heteroatoms. The zero-order valence-corrected chi connectivity index (χ0v) is 13.6. The van der Waals surface area contributed by atoms with Gasteiger partial charge in [0.05, 0.1) is 5.92 Å². The Hall–Kier alpha value is -2.63. The molecule has 1 fully saturated rings. The lowest BCUT2D eigenvalue weighted by Crippen LogP contribution is -2.44.